The van der Waals surface area contributed by atoms with Gasteiger partial charge in [0, 0.05) is 6.61 Å². The molecule has 4 nitrogen and oxygen atoms in total. The van der Waals surface area contributed by atoms with Crippen LogP contribution in [0.25, 0.3) is 0 Å². The Hall–Kier alpha value is -1.31. The zero-order valence-corrected chi connectivity index (χ0v) is 8.79. The quantitative estimate of drug-likeness (QED) is 0.777. The first-order chi connectivity index (χ1) is 7.28. The summed E-state index contributed by atoms with van der Waals surface area (Å²) >= 11 is 5.78. The van der Waals surface area contributed by atoms with Gasteiger partial charge in [0.25, 0.3) is 0 Å². The number of rotatable bonds is 2. The van der Waals surface area contributed by atoms with Gasteiger partial charge in [-0.15, -0.1) is 0 Å². The summed E-state index contributed by atoms with van der Waals surface area (Å²) in [5.74, 6) is 0.634. The predicted molar refractivity (Wildman–Crippen MR) is 56.8 cm³/mol. The Bertz CT molecular complexity index is 396. The number of halogens is 1. The van der Waals surface area contributed by atoms with Crippen LogP contribution in [0.1, 0.15) is 12.0 Å². The van der Waals surface area contributed by atoms with Crippen LogP contribution < -0.4 is 5.32 Å². The van der Waals surface area contributed by atoms with Gasteiger partial charge in [-0.1, -0.05) is 11.6 Å². The molecular formula is C10H10ClN3O. The molecule has 5 heteroatoms. The first kappa shape index (κ1) is 10.2. The fourth-order valence-corrected chi connectivity index (χ4v) is 1.70. The van der Waals surface area contributed by atoms with Crippen molar-refractivity contribution in [2.24, 2.45) is 0 Å². The predicted octanol–water partition coefficient (Wildman–Crippen LogP) is 1.81. The van der Waals surface area contributed by atoms with E-state index >= 15 is 0 Å². The lowest BCUT2D eigenvalue weighted by molar-refractivity contribution is 0.195. The van der Waals surface area contributed by atoms with Gasteiger partial charge in [0.2, 0.25) is 0 Å². The topological polar surface area (TPSA) is 57.9 Å². The van der Waals surface area contributed by atoms with E-state index in [9.17, 15) is 0 Å². The SMILES string of the molecule is N#Cc1cc(Cl)nc(NC2CCOC2)c1. The number of nitrogens with one attached hydrogen (secondary N) is 1. The molecule has 2 rings (SSSR count). The minimum absolute atomic E-state index is 0.266. The normalized spacial score (nSPS) is 19.9. The first-order valence-corrected chi connectivity index (χ1v) is 5.07. The second kappa shape index (κ2) is 4.47. The number of ether oxygens (including phenoxy) is 1. The highest BCUT2D eigenvalue weighted by Gasteiger charge is 2.15. The number of hydrogen-bond acceptors (Lipinski definition) is 4. The van der Waals surface area contributed by atoms with Crippen LogP contribution in [0.3, 0.4) is 0 Å². The van der Waals surface area contributed by atoms with Gasteiger partial charge in [0.05, 0.1) is 24.3 Å². The summed E-state index contributed by atoms with van der Waals surface area (Å²) < 4.78 is 5.23. The van der Waals surface area contributed by atoms with Crippen LogP contribution in [0.4, 0.5) is 5.82 Å². The van der Waals surface area contributed by atoms with E-state index in [0.29, 0.717) is 23.1 Å². The van der Waals surface area contributed by atoms with E-state index < -0.39 is 0 Å². The summed E-state index contributed by atoms with van der Waals surface area (Å²) in [6.07, 6.45) is 0.954. The lowest BCUT2D eigenvalue weighted by Crippen LogP contribution is -2.19. The number of aromatic nitrogens is 1. The van der Waals surface area contributed by atoms with Crippen molar-refractivity contribution in [2.75, 3.05) is 18.5 Å². The van der Waals surface area contributed by atoms with Crippen molar-refractivity contribution in [3.63, 3.8) is 0 Å². The highest BCUT2D eigenvalue weighted by atomic mass is 35.5. The maximum absolute atomic E-state index is 8.76. The highest BCUT2D eigenvalue weighted by molar-refractivity contribution is 6.29. The zero-order valence-electron chi connectivity index (χ0n) is 8.03. The summed E-state index contributed by atoms with van der Waals surface area (Å²) in [4.78, 5) is 4.09. The maximum atomic E-state index is 8.76. The first-order valence-electron chi connectivity index (χ1n) is 4.70. The molecule has 1 atom stereocenters. The van der Waals surface area contributed by atoms with Gasteiger partial charge in [-0.2, -0.15) is 5.26 Å². The van der Waals surface area contributed by atoms with Crippen molar-refractivity contribution >= 4 is 17.4 Å². The van der Waals surface area contributed by atoms with Crippen LogP contribution in [0.5, 0.6) is 0 Å². The van der Waals surface area contributed by atoms with Crippen molar-refractivity contribution < 1.29 is 4.74 Å². The molecular weight excluding hydrogens is 214 g/mol. The van der Waals surface area contributed by atoms with Gasteiger partial charge in [0.1, 0.15) is 11.0 Å². The van der Waals surface area contributed by atoms with Gasteiger partial charge in [-0.3, -0.25) is 0 Å². The van der Waals surface area contributed by atoms with Crippen molar-refractivity contribution in [2.45, 2.75) is 12.5 Å². The lowest BCUT2D eigenvalue weighted by atomic mass is 10.2. The number of anilines is 1. The zero-order chi connectivity index (χ0) is 10.7. The lowest BCUT2D eigenvalue weighted by Gasteiger charge is -2.11. The standard InChI is InChI=1S/C10H10ClN3O/c11-9-3-7(5-12)4-10(14-9)13-8-1-2-15-6-8/h3-4,8H,1-2,6H2,(H,13,14). The van der Waals surface area contributed by atoms with Crippen LogP contribution >= 0.6 is 11.6 Å². The molecule has 0 radical (unpaired) electrons. The molecule has 15 heavy (non-hydrogen) atoms. The van der Waals surface area contributed by atoms with E-state index in [1.807, 2.05) is 6.07 Å². The third kappa shape index (κ3) is 2.58. The van der Waals surface area contributed by atoms with Gasteiger partial charge in [0.15, 0.2) is 0 Å². The van der Waals surface area contributed by atoms with Crippen LogP contribution in [-0.4, -0.2) is 24.2 Å². The number of hydrogen-bond donors (Lipinski definition) is 1. The van der Waals surface area contributed by atoms with Gasteiger partial charge < -0.3 is 10.1 Å². The Morgan fingerprint density at radius 3 is 3.13 bits per heavy atom. The van der Waals surface area contributed by atoms with Crippen LogP contribution in [0.2, 0.25) is 5.15 Å². The van der Waals surface area contributed by atoms with Crippen molar-refractivity contribution in [3.8, 4) is 6.07 Å². The molecule has 1 aromatic rings. The molecule has 0 bridgehead atoms. The average molecular weight is 224 g/mol. The Labute approximate surface area is 92.8 Å². The molecule has 1 aliphatic rings. The fraction of sp³-hybridized carbons (Fsp3) is 0.400. The molecule has 2 heterocycles. The van der Waals surface area contributed by atoms with Crippen LogP contribution in [-0.2, 0) is 4.74 Å². The van der Waals surface area contributed by atoms with E-state index in [1.54, 1.807) is 6.07 Å². The Morgan fingerprint density at radius 1 is 1.60 bits per heavy atom. The minimum atomic E-state index is 0.266. The summed E-state index contributed by atoms with van der Waals surface area (Å²) in [5, 5.41) is 12.3. The second-order valence-corrected chi connectivity index (χ2v) is 3.77. The summed E-state index contributed by atoms with van der Waals surface area (Å²) in [7, 11) is 0. The molecule has 1 saturated heterocycles. The maximum Gasteiger partial charge on any atom is 0.132 e. The molecule has 0 aliphatic carbocycles. The molecule has 0 saturated carbocycles. The van der Waals surface area contributed by atoms with Gasteiger partial charge >= 0.3 is 0 Å². The molecule has 1 aromatic heterocycles. The molecule has 1 N–H and O–H groups in total. The van der Waals surface area contributed by atoms with Gasteiger partial charge in [-0.25, -0.2) is 4.98 Å². The fourth-order valence-electron chi connectivity index (χ4n) is 1.49. The Kier molecular flexibility index (Phi) is 3.05. The molecule has 0 spiro atoms. The van der Waals surface area contributed by atoms with Gasteiger partial charge in [-0.05, 0) is 18.6 Å². The Balaban J connectivity index is 2.13. The van der Waals surface area contributed by atoms with E-state index in [1.165, 1.54) is 6.07 Å². The van der Waals surface area contributed by atoms with E-state index in [-0.39, 0.29) is 6.04 Å². The highest BCUT2D eigenvalue weighted by Crippen LogP contribution is 2.16. The minimum Gasteiger partial charge on any atom is -0.379 e. The van der Waals surface area contributed by atoms with Crippen LogP contribution in [0.15, 0.2) is 12.1 Å². The smallest absolute Gasteiger partial charge is 0.132 e. The van der Waals surface area contributed by atoms with E-state index in [2.05, 4.69) is 10.3 Å². The van der Waals surface area contributed by atoms with E-state index in [0.717, 1.165) is 13.0 Å². The summed E-state index contributed by atoms with van der Waals surface area (Å²) in [5.41, 5.74) is 0.511. The van der Waals surface area contributed by atoms with Crippen molar-refractivity contribution in [1.29, 1.82) is 5.26 Å². The van der Waals surface area contributed by atoms with Crippen molar-refractivity contribution in [1.82, 2.24) is 4.98 Å². The largest absolute Gasteiger partial charge is 0.379 e. The molecule has 1 fully saturated rings. The molecule has 0 amide bonds. The Morgan fingerprint density at radius 2 is 2.47 bits per heavy atom. The number of pyridine rings is 1. The average Bonchev–Trinajstić information content (AvgIpc) is 2.69. The molecule has 78 valence electrons. The molecule has 1 aliphatic heterocycles. The van der Waals surface area contributed by atoms with E-state index in [4.69, 9.17) is 21.6 Å². The number of nitrogens with zero attached hydrogens (tertiary/aromatic N) is 2. The molecule has 1 unspecified atom stereocenters. The number of nitriles is 1. The van der Waals surface area contributed by atoms with Crippen LogP contribution in [0, 0.1) is 11.3 Å². The summed E-state index contributed by atoms with van der Waals surface area (Å²) in [6.45, 7) is 1.44. The third-order valence-corrected chi connectivity index (χ3v) is 2.40. The van der Waals surface area contributed by atoms with Crippen molar-refractivity contribution in [3.05, 3.63) is 22.8 Å². The summed E-state index contributed by atoms with van der Waals surface area (Å²) in [6, 6.07) is 5.53. The monoisotopic (exact) mass is 223 g/mol. The third-order valence-electron chi connectivity index (χ3n) is 2.20. The molecule has 0 aromatic carbocycles. The second-order valence-electron chi connectivity index (χ2n) is 3.38.